The van der Waals surface area contributed by atoms with Crippen molar-refractivity contribution < 1.29 is 4.79 Å². The lowest BCUT2D eigenvalue weighted by Crippen LogP contribution is -2.38. The van der Waals surface area contributed by atoms with Gasteiger partial charge in [0, 0.05) is 57.7 Å². The Balaban J connectivity index is 1.15. The summed E-state index contributed by atoms with van der Waals surface area (Å²) in [6, 6.07) is 1.83. The maximum absolute atomic E-state index is 12.9. The summed E-state index contributed by atoms with van der Waals surface area (Å²) in [5, 5.41) is 16.0. The molecule has 0 atom stereocenters. The SMILES string of the molecule is Cc1ncc(C(=O)NCCN2CCCC23CC3)cc1Nc1nn(C)c2nc(Cc3cnn(C)c3)ncc12. The number of nitrogens with zero attached hydrogens (tertiary/aromatic N) is 8. The molecule has 6 rings (SSSR count). The highest BCUT2D eigenvalue weighted by atomic mass is 16.1. The van der Waals surface area contributed by atoms with Crippen LogP contribution in [0.5, 0.6) is 0 Å². The molecule has 1 saturated heterocycles. The summed E-state index contributed by atoms with van der Waals surface area (Å²) in [6.07, 6.45) is 13.0. The van der Waals surface area contributed by atoms with Gasteiger partial charge < -0.3 is 10.6 Å². The molecule has 11 heteroatoms. The first-order chi connectivity index (χ1) is 17.9. The Morgan fingerprint density at radius 3 is 2.78 bits per heavy atom. The Kier molecular flexibility index (Phi) is 5.86. The summed E-state index contributed by atoms with van der Waals surface area (Å²) in [5.41, 5.74) is 4.24. The molecule has 0 bridgehead atoms. The van der Waals surface area contributed by atoms with Crippen LogP contribution in [0.15, 0.2) is 30.9 Å². The molecule has 2 fully saturated rings. The molecule has 1 spiro atoms. The van der Waals surface area contributed by atoms with Gasteiger partial charge in [-0.2, -0.15) is 10.2 Å². The average Bonchev–Trinajstić information content (AvgIpc) is 3.22. The third-order valence-corrected chi connectivity index (χ3v) is 7.59. The van der Waals surface area contributed by atoms with Crippen LogP contribution in [0.2, 0.25) is 0 Å². The molecular formula is C26H32N10O. The minimum atomic E-state index is -0.117. The largest absolute Gasteiger partial charge is 0.351 e. The van der Waals surface area contributed by atoms with E-state index in [0.29, 0.717) is 35.7 Å². The van der Waals surface area contributed by atoms with Crippen LogP contribution in [0.3, 0.4) is 0 Å². The topological polar surface area (TPSA) is 119 Å². The summed E-state index contributed by atoms with van der Waals surface area (Å²) >= 11 is 0. The van der Waals surface area contributed by atoms with Crippen LogP contribution < -0.4 is 10.6 Å². The van der Waals surface area contributed by atoms with Crippen LogP contribution in [0, 0.1) is 6.92 Å². The molecule has 192 valence electrons. The van der Waals surface area contributed by atoms with Gasteiger partial charge in [0.25, 0.3) is 5.91 Å². The molecule has 2 aliphatic rings. The fourth-order valence-electron chi connectivity index (χ4n) is 5.37. The average molecular weight is 501 g/mol. The fraction of sp³-hybridized carbons (Fsp3) is 0.462. The molecule has 1 amide bonds. The van der Waals surface area contributed by atoms with Crippen molar-refractivity contribution >= 4 is 28.4 Å². The molecule has 0 radical (unpaired) electrons. The molecule has 0 unspecified atom stereocenters. The van der Waals surface area contributed by atoms with Crippen LogP contribution in [0.1, 0.15) is 53.1 Å². The lowest BCUT2D eigenvalue weighted by atomic mass is 10.2. The van der Waals surface area contributed by atoms with Gasteiger partial charge in [-0.1, -0.05) is 0 Å². The zero-order valence-corrected chi connectivity index (χ0v) is 21.5. The summed E-state index contributed by atoms with van der Waals surface area (Å²) in [6.45, 7) is 4.59. The number of anilines is 2. The van der Waals surface area contributed by atoms with Crippen molar-refractivity contribution in [2.45, 2.75) is 44.6 Å². The van der Waals surface area contributed by atoms with Crippen molar-refractivity contribution in [3.8, 4) is 0 Å². The van der Waals surface area contributed by atoms with Crippen LogP contribution in [0.4, 0.5) is 11.5 Å². The number of amides is 1. The van der Waals surface area contributed by atoms with E-state index in [2.05, 4.69) is 35.7 Å². The lowest BCUT2D eigenvalue weighted by molar-refractivity contribution is 0.0945. The van der Waals surface area contributed by atoms with Crippen LogP contribution in [0.25, 0.3) is 11.0 Å². The van der Waals surface area contributed by atoms with Crippen molar-refractivity contribution in [2.75, 3.05) is 25.0 Å². The summed E-state index contributed by atoms with van der Waals surface area (Å²) < 4.78 is 3.50. The number of fused-ring (bicyclic) bond motifs is 1. The van der Waals surface area contributed by atoms with Gasteiger partial charge in [0.2, 0.25) is 0 Å². The quantitative estimate of drug-likeness (QED) is 0.379. The molecule has 2 N–H and O–H groups in total. The second-order valence-electron chi connectivity index (χ2n) is 10.2. The van der Waals surface area contributed by atoms with Crippen LogP contribution in [-0.4, -0.2) is 70.5 Å². The first-order valence-corrected chi connectivity index (χ1v) is 12.8. The maximum Gasteiger partial charge on any atom is 0.252 e. The normalized spacial score (nSPS) is 16.5. The van der Waals surface area contributed by atoms with Crippen molar-refractivity contribution in [3.05, 3.63) is 53.5 Å². The summed E-state index contributed by atoms with van der Waals surface area (Å²) in [7, 11) is 3.75. The predicted molar refractivity (Wildman–Crippen MR) is 140 cm³/mol. The fourth-order valence-corrected chi connectivity index (χ4v) is 5.37. The number of nitrogens with one attached hydrogen (secondary N) is 2. The molecule has 1 saturated carbocycles. The number of aromatic nitrogens is 7. The first-order valence-electron chi connectivity index (χ1n) is 12.8. The third kappa shape index (κ3) is 4.66. The highest BCUT2D eigenvalue weighted by Crippen LogP contribution is 2.49. The second kappa shape index (κ2) is 9.22. The van der Waals surface area contributed by atoms with Crippen molar-refractivity contribution in [2.24, 2.45) is 14.1 Å². The van der Waals surface area contributed by atoms with E-state index in [9.17, 15) is 4.79 Å². The number of pyridine rings is 1. The Morgan fingerprint density at radius 1 is 1.14 bits per heavy atom. The monoisotopic (exact) mass is 500 g/mol. The number of rotatable bonds is 8. The zero-order valence-electron chi connectivity index (χ0n) is 21.5. The summed E-state index contributed by atoms with van der Waals surface area (Å²) in [4.78, 5) is 29.1. The van der Waals surface area contributed by atoms with Gasteiger partial charge in [-0.25, -0.2) is 14.6 Å². The molecule has 1 aliphatic carbocycles. The van der Waals surface area contributed by atoms with E-state index >= 15 is 0 Å². The molecule has 1 aliphatic heterocycles. The number of hydrogen-bond acceptors (Lipinski definition) is 8. The molecule has 0 aromatic carbocycles. The van der Waals surface area contributed by atoms with E-state index in [4.69, 9.17) is 4.98 Å². The van der Waals surface area contributed by atoms with E-state index in [1.807, 2.05) is 39.5 Å². The maximum atomic E-state index is 12.9. The second-order valence-corrected chi connectivity index (χ2v) is 10.2. The first kappa shape index (κ1) is 23.5. The van der Waals surface area contributed by atoms with E-state index in [1.54, 1.807) is 21.8 Å². The highest BCUT2D eigenvalue weighted by Gasteiger charge is 2.50. The van der Waals surface area contributed by atoms with E-state index < -0.39 is 0 Å². The van der Waals surface area contributed by atoms with Gasteiger partial charge >= 0.3 is 0 Å². The Hall–Kier alpha value is -3.86. The molecule has 4 aromatic heterocycles. The van der Waals surface area contributed by atoms with Gasteiger partial charge in [0.05, 0.1) is 28.5 Å². The number of likely N-dealkylation sites (tertiary alicyclic amines) is 1. The Labute approximate surface area is 215 Å². The zero-order chi connectivity index (χ0) is 25.6. The van der Waals surface area contributed by atoms with Crippen molar-refractivity contribution in [1.82, 2.24) is 44.7 Å². The van der Waals surface area contributed by atoms with Gasteiger partial charge in [-0.15, -0.1) is 0 Å². The minimum absolute atomic E-state index is 0.117. The Bertz CT molecular complexity index is 1470. The summed E-state index contributed by atoms with van der Waals surface area (Å²) in [5.74, 6) is 1.21. The number of aryl methyl sites for hydroxylation is 3. The van der Waals surface area contributed by atoms with Crippen molar-refractivity contribution in [1.29, 1.82) is 0 Å². The van der Waals surface area contributed by atoms with E-state index in [1.165, 1.54) is 25.7 Å². The third-order valence-electron chi connectivity index (χ3n) is 7.59. The van der Waals surface area contributed by atoms with Gasteiger partial charge in [0.1, 0.15) is 5.82 Å². The minimum Gasteiger partial charge on any atom is -0.351 e. The van der Waals surface area contributed by atoms with Gasteiger partial charge in [-0.3, -0.25) is 19.4 Å². The van der Waals surface area contributed by atoms with Crippen LogP contribution in [-0.2, 0) is 20.5 Å². The molecular weight excluding hydrogens is 468 g/mol. The highest BCUT2D eigenvalue weighted by molar-refractivity contribution is 5.95. The molecule has 5 heterocycles. The molecule has 37 heavy (non-hydrogen) atoms. The van der Waals surface area contributed by atoms with Gasteiger partial charge in [0.15, 0.2) is 11.5 Å². The number of hydrogen-bond donors (Lipinski definition) is 2. The standard InChI is InChI=1S/C26H32N10O/c1-17-21(12-19(14-28-17)25(37)27-8-10-36-9-4-5-26(36)6-7-26)31-23-20-15-29-22(32-24(20)35(3)33-23)11-18-13-30-34(2)16-18/h12-16H,4-11H2,1-3H3,(H,27,37)(H,31,33). The number of carbonyl (C=O) groups excluding carboxylic acids is 1. The smallest absolute Gasteiger partial charge is 0.252 e. The van der Waals surface area contributed by atoms with Crippen LogP contribution >= 0.6 is 0 Å². The van der Waals surface area contributed by atoms with Crippen molar-refractivity contribution in [3.63, 3.8) is 0 Å². The van der Waals surface area contributed by atoms with Gasteiger partial charge in [-0.05, 0) is 50.8 Å². The number of carbonyl (C=O) groups is 1. The van der Waals surface area contributed by atoms with E-state index in [0.717, 1.165) is 41.1 Å². The lowest BCUT2D eigenvalue weighted by Gasteiger charge is -2.23. The van der Waals surface area contributed by atoms with E-state index in [-0.39, 0.29) is 5.91 Å². The molecule has 11 nitrogen and oxygen atoms in total. The predicted octanol–water partition coefficient (Wildman–Crippen LogP) is 2.49. The Morgan fingerprint density at radius 2 is 2.00 bits per heavy atom. The molecule has 4 aromatic rings.